The van der Waals surface area contributed by atoms with E-state index >= 15 is 0 Å². The van der Waals surface area contributed by atoms with Gasteiger partial charge in [-0.15, -0.1) is 0 Å². The summed E-state index contributed by atoms with van der Waals surface area (Å²) in [5, 5.41) is 19.5. The molecule has 0 rings (SSSR count). The van der Waals surface area contributed by atoms with Crippen LogP contribution in [0.3, 0.4) is 0 Å². The number of allylic oxidation sites excluding steroid dienone is 10. The van der Waals surface area contributed by atoms with Crippen molar-refractivity contribution in [2.45, 2.75) is 122 Å². The summed E-state index contributed by atoms with van der Waals surface area (Å²) in [7, 11) is 0. The summed E-state index contributed by atoms with van der Waals surface area (Å²) < 4.78 is 10.4. The number of carbonyl (C=O) groups is 2. The average Bonchev–Trinajstić information content (AvgIpc) is 2.96. The van der Waals surface area contributed by atoms with E-state index in [4.69, 9.17) is 9.47 Å². The Morgan fingerprint density at radius 3 is 2.00 bits per heavy atom. The van der Waals surface area contributed by atoms with E-state index < -0.39 is 18.2 Å². The molecule has 2 N–H and O–H groups in total. The van der Waals surface area contributed by atoms with Gasteiger partial charge >= 0.3 is 11.9 Å². The fourth-order valence-corrected chi connectivity index (χ4v) is 3.72. The van der Waals surface area contributed by atoms with Gasteiger partial charge in [0, 0.05) is 12.8 Å². The first-order valence-electron chi connectivity index (χ1n) is 15.6. The van der Waals surface area contributed by atoms with Crippen LogP contribution >= 0.6 is 0 Å². The normalized spacial score (nSPS) is 14.0. The van der Waals surface area contributed by atoms with Crippen molar-refractivity contribution < 1.29 is 29.3 Å². The van der Waals surface area contributed by atoms with E-state index in [9.17, 15) is 19.8 Å². The van der Waals surface area contributed by atoms with Gasteiger partial charge in [0.2, 0.25) is 0 Å². The van der Waals surface area contributed by atoms with E-state index in [1.165, 1.54) is 25.7 Å². The Balaban J connectivity index is 3.91. The van der Waals surface area contributed by atoms with Crippen LogP contribution in [0.2, 0.25) is 0 Å². The number of esters is 2. The first kappa shape index (κ1) is 38.3. The van der Waals surface area contributed by atoms with Gasteiger partial charge in [0.1, 0.15) is 6.61 Å². The van der Waals surface area contributed by atoms with Crippen LogP contribution in [0.15, 0.2) is 72.9 Å². The van der Waals surface area contributed by atoms with Gasteiger partial charge in [-0.3, -0.25) is 9.59 Å². The van der Waals surface area contributed by atoms with Crippen LogP contribution in [0.5, 0.6) is 0 Å². The monoisotopic (exact) mass is 572 g/mol. The number of rotatable bonds is 26. The molecule has 0 aliphatic rings. The number of aliphatic hydroxyl groups excluding tert-OH is 2. The third kappa shape index (κ3) is 28.6. The van der Waals surface area contributed by atoms with Crippen LogP contribution in [0.25, 0.3) is 0 Å². The van der Waals surface area contributed by atoms with E-state index in [-0.39, 0.29) is 25.6 Å². The van der Waals surface area contributed by atoms with Crippen molar-refractivity contribution in [1.82, 2.24) is 0 Å². The molecular weight excluding hydrogens is 516 g/mol. The predicted molar refractivity (Wildman–Crippen MR) is 169 cm³/mol. The Labute approximate surface area is 249 Å². The molecular formula is C35H56O6. The second kappa shape index (κ2) is 30.3. The maximum atomic E-state index is 12.0. The summed E-state index contributed by atoms with van der Waals surface area (Å²) in [5.41, 5.74) is 0. The fraction of sp³-hybridized carbons (Fsp3) is 0.600. The zero-order valence-corrected chi connectivity index (χ0v) is 25.6. The summed E-state index contributed by atoms with van der Waals surface area (Å²) in [5.74, 6) is -0.790. The lowest BCUT2D eigenvalue weighted by atomic mass is 10.1. The molecule has 0 amide bonds. The highest BCUT2D eigenvalue weighted by molar-refractivity contribution is 5.70. The third-order valence-electron chi connectivity index (χ3n) is 6.11. The Morgan fingerprint density at radius 2 is 1.34 bits per heavy atom. The molecule has 1 unspecified atom stereocenters. The van der Waals surface area contributed by atoms with Crippen molar-refractivity contribution in [3.05, 3.63) is 72.9 Å². The fourth-order valence-electron chi connectivity index (χ4n) is 3.72. The van der Waals surface area contributed by atoms with Crippen LogP contribution in [0.4, 0.5) is 0 Å². The van der Waals surface area contributed by atoms with Gasteiger partial charge in [0.15, 0.2) is 6.10 Å². The van der Waals surface area contributed by atoms with E-state index in [2.05, 4.69) is 50.3 Å². The van der Waals surface area contributed by atoms with Crippen LogP contribution in [-0.2, 0) is 19.1 Å². The van der Waals surface area contributed by atoms with E-state index in [1.54, 1.807) is 6.08 Å². The second-order valence-electron chi connectivity index (χ2n) is 10.0. The molecule has 0 spiro atoms. The zero-order valence-electron chi connectivity index (χ0n) is 25.6. The highest BCUT2D eigenvalue weighted by Crippen LogP contribution is 2.10. The highest BCUT2D eigenvalue weighted by Gasteiger charge is 2.15. The van der Waals surface area contributed by atoms with Gasteiger partial charge in [0.05, 0.1) is 12.7 Å². The summed E-state index contributed by atoms with van der Waals surface area (Å²) in [4.78, 5) is 23.9. The number of unbranched alkanes of at least 4 members (excludes halogenated alkanes) is 6. The zero-order chi connectivity index (χ0) is 30.2. The summed E-state index contributed by atoms with van der Waals surface area (Å²) in [6, 6.07) is 0. The largest absolute Gasteiger partial charge is 0.462 e. The molecule has 0 fully saturated rings. The number of hydrogen-bond donors (Lipinski definition) is 2. The summed E-state index contributed by atoms with van der Waals surface area (Å²) in [6.45, 7) is 3.78. The van der Waals surface area contributed by atoms with Crippen molar-refractivity contribution >= 4 is 11.9 Å². The SMILES string of the molecule is CC/C=C\C/C=C\C/C=C\C/C=C\C=C/C(O)C/C=C\CCC(=O)OC[C@H](CO)OC(=O)CCCCCCCCC. The maximum absolute atomic E-state index is 12.0. The van der Waals surface area contributed by atoms with E-state index in [0.717, 1.165) is 44.9 Å². The molecule has 0 saturated heterocycles. The van der Waals surface area contributed by atoms with Crippen molar-refractivity contribution in [2.75, 3.05) is 13.2 Å². The quantitative estimate of drug-likeness (QED) is 0.0472. The van der Waals surface area contributed by atoms with E-state index in [1.807, 2.05) is 30.4 Å². The number of carbonyl (C=O) groups excluding carboxylic acids is 2. The molecule has 41 heavy (non-hydrogen) atoms. The van der Waals surface area contributed by atoms with E-state index in [0.29, 0.717) is 19.3 Å². The van der Waals surface area contributed by atoms with Gasteiger partial charge in [-0.2, -0.15) is 0 Å². The summed E-state index contributed by atoms with van der Waals surface area (Å²) in [6.07, 6.45) is 35.8. The molecule has 6 heteroatoms. The van der Waals surface area contributed by atoms with Crippen LogP contribution in [0.1, 0.15) is 110 Å². The van der Waals surface area contributed by atoms with Crippen molar-refractivity contribution in [1.29, 1.82) is 0 Å². The molecule has 0 saturated carbocycles. The first-order chi connectivity index (χ1) is 20.0. The molecule has 0 aromatic heterocycles. The molecule has 0 bridgehead atoms. The Hall–Kier alpha value is -2.70. The number of aliphatic hydroxyl groups is 2. The summed E-state index contributed by atoms with van der Waals surface area (Å²) >= 11 is 0. The Morgan fingerprint density at radius 1 is 0.707 bits per heavy atom. The minimum atomic E-state index is -0.835. The van der Waals surface area contributed by atoms with Gasteiger partial charge in [-0.05, 0) is 44.9 Å². The second-order valence-corrected chi connectivity index (χ2v) is 10.0. The maximum Gasteiger partial charge on any atom is 0.306 e. The molecule has 0 heterocycles. The van der Waals surface area contributed by atoms with Gasteiger partial charge in [-0.25, -0.2) is 0 Å². The van der Waals surface area contributed by atoms with Crippen molar-refractivity contribution in [3.8, 4) is 0 Å². The lowest BCUT2D eigenvalue weighted by molar-refractivity contribution is -0.161. The highest BCUT2D eigenvalue weighted by atomic mass is 16.6. The smallest absolute Gasteiger partial charge is 0.306 e. The minimum Gasteiger partial charge on any atom is -0.462 e. The standard InChI is InChI=1S/C35H56O6/c1-3-5-7-9-11-12-13-14-15-16-18-19-22-26-32(37)27-23-21-25-28-34(38)40-31-33(30-36)41-35(39)29-24-20-17-10-8-6-4-2/h5,7,11-12,14-15,18-19,21-23,26,32-33,36-37H,3-4,6,8-10,13,16-17,20,24-25,27-31H2,1-2H3/b7-5-,12-11-,15-14-,19-18-,23-21-,26-22-/t32?,33-/m0/s1. The third-order valence-corrected chi connectivity index (χ3v) is 6.11. The molecule has 2 atom stereocenters. The number of ether oxygens (including phenoxy) is 2. The molecule has 0 radical (unpaired) electrons. The van der Waals surface area contributed by atoms with Gasteiger partial charge < -0.3 is 19.7 Å². The molecule has 0 aliphatic heterocycles. The first-order valence-corrected chi connectivity index (χ1v) is 15.6. The molecule has 6 nitrogen and oxygen atoms in total. The Kier molecular flexibility index (Phi) is 28.3. The van der Waals surface area contributed by atoms with Crippen molar-refractivity contribution in [3.63, 3.8) is 0 Å². The van der Waals surface area contributed by atoms with Crippen molar-refractivity contribution in [2.24, 2.45) is 0 Å². The van der Waals surface area contributed by atoms with Crippen LogP contribution < -0.4 is 0 Å². The average molecular weight is 573 g/mol. The van der Waals surface area contributed by atoms with Gasteiger partial charge in [-0.1, -0.05) is 125 Å². The number of hydrogen-bond acceptors (Lipinski definition) is 6. The molecule has 0 aromatic carbocycles. The minimum absolute atomic E-state index is 0.150. The molecule has 232 valence electrons. The topological polar surface area (TPSA) is 93.1 Å². The lowest BCUT2D eigenvalue weighted by Gasteiger charge is -2.15. The molecule has 0 aliphatic carbocycles. The molecule has 0 aromatic rings. The predicted octanol–water partition coefficient (Wildman–Crippen LogP) is 8.02. The van der Waals surface area contributed by atoms with Gasteiger partial charge in [0.25, 0.3) is 0 Å². The Bertz CT molecular complexity index is 805. The van der Waals surface area contributed by atoms with Crippen LogP contribution in [-0.4, -0.2) is 47.6 Å². The van der Waals surface area contributed by atoms with Crippen LogP contribution in [0, 0.1) is 0 Å². The lowest BCUT2D eigenvalue weighted by Crippen LogP contribution is -2.28.